The van der Waals surface area contributed by atoms with Crippen LogP contribution in [0.3, 0.4) is 0 Å². The van der Waals surface area contributed by atoms with Crippen LogP contribution in [0.5, 0.6) is 0 Å². The second kappa shape index (κ2) is 65.7. The summed E-state index contributed by atoms with van der Waals surface area (Å²) in [4.78, 5) is 72.7. The first-order valence-electron chi connectivity index (χ1n) is 38.8. The zero-order chi connectivity index (χ0) is 69.4. The minimum Gasteiger partial charge on any atom is -0.462 e. The van der Waals surface area contributed by atoms with Crippen LogP contribution in [0, 0.1) is 17.8 Å². The third-order valence-corrected chi connectivity index (χ3v) is 19.3. The molecule has 0 aliphatic rings. The molecule has 0 radical (unpaired) electrons. The van der Waals surface area contributed by atoms with Crippen LogP contribution >= 0.6 is 15.6 Å². The standard InChI is InChI=1S/C75H146O17P2/c1-8-9-10-11-12-25-35-42-49-56-72(77)85-62-70(92-75(80)59-52-45-38-31-24-28-34-41-48-55-68(6)7)64-89-93(81,82)87-60-69(76)61-88-94(83,84)90-65-71(63-86-73(78)57-50-43-36-29-23-19-21-27-33-40-47-54-67(4)5)91-74(79)58-51-44-37-30-22-18-16-14-13-15-17-20-26-32-39-46-53-66(2)3/h66-71,76H,8-65H2,1-7H3,(H,81,82)(H,83,84)/t69-,70+,71+/m0/s1. The summed E-state index contributed by atoms with van der Waals surface area (Å²) in [6.45, 7) is 11.9. The Balaban J connectivity index is 5.22. The summed E-state index contributed by atoms with van der Waals surface area (Å²) < 4.78 is 68.4. The normalized spacial score (nSPS) is 14.1. The van der Waals surface area contributed by atoms with Gasteiger partial charge < -0.3 is 33.8 Å². The number of hydrogen-bond acceptors (Lipinski definition) is 15. The van der Waals surface area contributed by atoms with Crippen molar-refractivity contribution in [2.45, 2.75) is 401 Å². The zero-order valence-electron chi connectivity index (χ0n) is 61.4. The first-order chi connectivity index (χ1) is 45.2. The predicted octanol–water partition coefficient (Wildman–Crippen LogP) is 21.8. The Hall–Kier alpha value is -1.94. The summed E-state index contributed by atoms with van der Waals surface area (Å²) in [5.41, 5.74) is 0. The molecule has 0 rings (SSSR count). The van der Waals surface area contributed by atoms with E-state index in [-0.39, 0.29) is 25.7 Å². The molecule has 0 aromatic heterocycles. The van der Waals surface area contributed by atoms with Crippen LogP contribution < -0.4 is 0 Å². The van der Waals surface area contributed by atoms with Crippen molar-refractivity contribution in [2.24, 2.45) is 17.8 Å². The van der Waals surface area contributed by atoms with Gasteiger partial charge in [0.05, 0.1) is 26.4 Å². The minimum absolute atomic E-state index is 0.105. The first-order valence-corrected chi connectivity index (χ1v) is 41.8. The second-order valence-corrected chi connectivity index (χ2v) is 31.4. The molecule has 0 spiro atoms. The maximum atomic E-state index is 13.1. The summed E-state index contributed by atoms with van der Waals surface area (Å²) >= 11 is 0. The van der Waals surface area contributed by atoms with Gasteiger partial charge in [-0.25, -0.2) is 9.13 Å². The Morgan fingerprint density at radius 1 is 0.287 bits per heavy atom. The van der Waals surface area contributed by atoms with Crippen molar-refractivity contribution in [3.63, 3.8) is 0 Å². The Labute approximate surface area is 575 Å². The number of unbranched alkanes of at least 4 members (excludes halogenated alkanes) is 41. The maximum Gasteiger partial charge on any atom is 0.472 e. The molecule has 0 aliphatic heterocycles. The van der Waals surface area contributed by atoms with Crippen molar-refractivity contribution in [3.05, 3.63) is 0 Å². The van der Waals surface area contributed by atoms with Crippen LogP contribution in [0.25, 0.3) is 0 Å². The fraction of sp³-hybridized carbons (Fsp3) is 0.947. The molecule has 0 fully saturated rings. The largest absolute Gasteiger partial charge is 0.472 e. The van der Waals surface area contributed by atoms with E-state index < -0.39 is 97.5 Å². The van der Waals surface area contributed by atoms with Crippen molar-refractivity contribution in [2.75, 3.05) is 39.6 Å². The van der Waals surface area contributed by atoms with Crippen LogP contribution in [-0.2, 0) is 65.4 Å². The number of carbonyl (C=O) groups excluding carboxylic acids is 4. The number of ether oxygens (including phenoxy) is 4. The van der Waals surface area contributed by atoms with E-state index in [1.165, 1.54) is 193 Å². The molecule has 0 heterocycles. The van der Waals surface area contributed by atoms with E-state index in [9.17, 15) is 43.2 Å². The fourth-order valence-corrected chi connectivity index (χ4v) is 13.0. The van der Waals surface area contributed by atoms with Crippen molar-refractivity contribution < 1.29 is 80.2 Å². The molecule has 17 nitrogen and oxygen atoms in total. The summed E-state index contributed by atoms with van der Waals surface area (Å²) in [7, 11) is -9.91. The van der Waals surface area contributed by atoms with Crippen molar-refractivity contribution in [3.8, 4) is 0 Å². The van der Waals surface area contributed by atoms with E-state index in [2.05, 4.69) is 48.5 Å². The first kappa shape index (κ1) is 92.1. The molecule has 5 atom stereocenters. The topological polar surface area (TPSA) is 237 Å². The molecule has 0 aliphatic carbocycles. The number of phosphoric ester groups is 2. The molecule has 94 heavy (non-hydrogen) atoms. The van der Waals surface area contributed by atoms with Gasteiger partial charge in [-0.1, -0.05) is 331 Å². The Morgan fingerprint density at radius 3 is 0.723 bits per heavy atom. The maximum absolute atomic E-state index is 13.1. The molecule has 0 bridgehead atoms. The predicted molar refractivity (Wildman–Crippen MR) is 381 cm³/mol. The van der Waals surface area contributed by atoms with E-state index >= 15 is 0 Å². The lowest BCUT2D eigenvalue weighted by atomic mass is 10.0. The highest BCUT2D eigenvalue weighted by Crippen LogP contribution is 2.45. The molecule has 19 heteroatoms. The average molecular weight is 1380 g/mol. The van der Waals surface area contributed by atoms with Gasteiger partial charge in [0.15, 0.2) is 12.2 Å². The second-order valence-electron chi connectivity index (χ2n) is 28.5. The summed E-state index contributed by atoms with van der Waals surface area (Å²) in [6, 6.07) is 0. The van der Waals surface area contributed by atoms with Gasteiger partial charge in [-0.05, 0) is 43.4 Å². The molecular formula is C75H146O17P2. The third-order valence-electron chi connectivity index (χ3n) is 17.4. The van der Waals surface area contributed by atoms with Crippen molar-refractivity contribution in [1.29, 1.82) is 0 Å². The lowest BCUT2D eigenvalue weighted by molar-refractivity contribution is -0.161. The molecule has 0 saturated heterocycles. The van der Waals surface area contributed by atoms with Crippen molar-refractivity contribution in [1.82, 2.24) is 0 Å². The average Bonchev–Trinajstić information content (AvgIpc) is 1.30. The molecule has 0 saturated carbocycles. The van der Waals surface area contributed by atoms with Crippen LogP contribution in [0.1, 0.15) is 382 Å². The van der Waals surface area contributed by atoms with E-state index in [0.29, 0.717) is 25.7 Å². The monoisotopic (exact) mass is 1380 g/mol. The van der Waals surface area contributed by atoms with Gasteiger partial charge in [-0.15, -0.1) is 0 Å². The Morgan fingerprint density at radius 2 is 0.489 bits per heavy atom. The summed E-state index contributed by atoms with van der Waals surface area (Å²) in [5.74, 6) is 0.196. The van der Waals surface area contributed by atoms with Gasteiger partial charge >= 0.3 is 39.5 Å². The summed E-state index contributed by atoms with van der Waals surface area (Å²) in [5, 5.41) is 10.6. The Bertz CT molecular complexity index is 1840. The van der Waals surface area contributed by atoms with Gasteiger partial charge in [-0.2, -0.15) is 0 Å². The molecule has 3 N–H and O–H groups in total. The molecular weight excluding hydrogens is 1230 g/mol. The number of aliphatic hydroxyl groups is 1. The van der Waals surface area contributed by atoms with E-state index in [0.717, 1.165) is 108 Å². The SMILES string of the molecule is CCCCCCCCCCCC(=O)OC[C@H](COP(=O)(O)OC[C@H](O)COP(=O)(O)OC[C@@H](COC(=O)CCCCCCCCCCCCCC(C)C)OC(=O)CCCCCCCCCCCCCCCCCCC(C)C)OC(=O)CCCCCCCCCCCC(C)C. The van der Waals surface area contributed by atoms with Gasteiger partial charge in [-0.3, -0.25) is 37.3 Å². The van der Waals surface area contributed by atoms with Gasteiger partial charge in [0.1, 0.15) is 19.3 Å². The van der Waals surface area contributed by atoms with E-state index in [1.54, 1.807) is 0 Å². The number of rotatable bonds is 73. The zero-order valence-corrected chi connectivity index (χ0v) is 63.2. The highest BCUT2D eigenvalue weighted by Gasteiger charge is 2.30. The number of esters is 4. The quantitative estimate of drug-likeness (QED) is 0.0222. The van der Waals surface area contributed by atoms with Crippen LogP contribution in [0.15, 0.2) is 0 Å². The van der Waals surface area contributed by atoms with Crippen LogP contribution in [0.2, 0.25) is 0 Å². The molecule has 0 aromatic carbocycles. The molecule has 2 unspecified atom stereocenters. The van der Waals surface area contributed by atoms with Crippen LogP contribution in [-0.4, -0.2) is 96.7 Å². The lowest BCUT2D eigenvalue weighted by Gasteiger charge is -2.21. The van der Waals surface area contributed by atoms with Crippen molar-refractivity contribution >= 4 is 39.5 Å². The fourth-order valence-electron chi connectivity index (χ4n) is 11.4. The van der Waals surface area contributed by atoms with E-state index in [4.69, 9.17) is 37.0 Å². The number of phosphoric acid groups is 2. The molecule has 0 aromatic rings. The van der Waals surface area contributed by atoms with Crippen LogP contribution in [0.4, 0.5) is 0 Å². The Kier molecular flexibility index (Phi) is 64.3. The van der Waals surface area contributed by atoms with Gasteiger partial charge in [0.2, 0.25) is 0 Å². The molecule has 558 valence electrons. The highest BCUT2D eigenvalue weighted by molar-refractivity contribution is 7.47. The lowest BCUT2D eigenvalue weighted by Crippen LogP contribution is -2.30. The summed E-state index contributed by atoms with van der Waals surface area (Å²) in [6.07, 6.45) is 51.4. The number of hydrogen-bond donors (Lipinski definition) is 3. The third kappa shape index (κ3) is 68.6. The smallest absolute Gasteiger partial charge is 0.462 e. The number of aliphatic hydroxyl groups excluding tert-OH is 1. The van der Waals surface area contributed by atoms with E-state index in [1.807, 2.05) is 0 Å². The highest BCUT2D eigenvalue weighted by atomic mass is 31.2. The van der Waals surface area contributed by atoms with Gasteiger partial charge in [0.25, 0.3) is 0 Å². The number of carbonyl (C=O) groups is 4. The van der Waals surface area contributed by atoms with Gasteiger partial charge in [0, 0.05) is 25.7 Å². The minimum atomic E-state index is -4.96. The molecule has 0 amide bonds.